The summed E-state index contributed by atoms with van der Waals surface area (Å²) in [5, 5.41) is 26.6. The average molecular weight is 1320 g/mol. The highest BCUT2D eigenvalue weighted by Gasteiger charge is 2.28. The smallest absolute Gasteiger partial charge is 0.242 e. The highest BCUT2D eigenvalue weighted by atomic mass is 16.3. The Labute approximate surface area is 587 Å². The normalized spacial score (nSPS) is 13.7. The van der Waals surface area contributed by atoms with Gasteiger partial charge in [0.1, 0.15) is 39.7 Å². The third-order valence-electron chi connectivity index (χ3n) is 20.5. The highest BCUT2D eigenvalue weighted by Crippen LogP contribution is 2.45. The molecule has 0 N–H and O–H groups in total. The molecule has 0 fully saturated rings. The van der Waals surface area contributed by atoms with Gasteiger partial charge in [0.05, 0.1) is 35.4 Å². The number of hydrogen-bond acceptors (Lipinski definition) is 8. The number of benzene rings is 12. The first-order chi connectivity index (χ1) is 50.3. The van der Waals surface area contributed by atoms with Gasteiger partial charge in [0.25, 0.3) is 0 Å². The van der Waals surface area contributed by atoms with Gasteiger partial charge in [0.2, 0.25) is 11.4 Å². The highest BCUT2D eigenvalue weighted by molar-refractivity contribution is 6.17. The molecular weight excluding hydrogens is 1250 g/mol. The molecule has 12 aromatic carbocycles. The van der Waals surface area contributed by atoms with Crippen LogP contribution in [0.5, 0.6) is 0 Å². The molecule has 8 heterocycles. The molecule has 0 amide bonds. The molecule has 1 atom stereocenters. The van der Waals surface area contributed by atoms with Crippen LogP contribution >= 0.6 is 0 Å². The number of furan rings is 4. The van der Waals surface area contributed by atoms with Crippen molar-refractivity contribution < 1.29 is 35.8 Å². The number of anilines is 1. The zero-order valence-corrected chi connectivity index (χ0v) is 58.0. The second kappa shape index (κ2) is 24.5. The number of aryl methyl sites for hydroxylation is 8. The van der Waals surface area contributed by atoms with E-state index in [1.54, 1.807) is 23.1 Å². The number of rotatable bonds is 4. The molecule has 7 aromatic heterocycles. The van der Waals surface area contributed by atoms with E-state index in [1.807, 2.05) is 99.6 Å². The third-order valence-corrected chi connectivity index (χ3v) is 20.5. The Morgan fingerprint density at radius 3 is 1.32 bits per heavy atom. The van der Waals surface area contributed by atoms with Crippen molar-refractivity contribution in [2.24, 2.45) is 21.1 Å². The van der Waals surface area contributed by atoms with Crippen LogP contribution in [-0.4, -0.2) is 33.0 Å². The van der Waals surface area contributed by atoms with Crippen molar-refractivity contribution in [3.05, 3.63) is 283 Å². The monoisotopic (exact) mass is 1320 g/mol. The van der Waals surface area contributed by atoms with Crippen LogP contribution in [-0.2, 0) is 21.1 Å². The van der Waals surface area contributed by atoms with Crippen molar-refractivity contribution in [2.75, 3.05) is 11.9 Å². The minimum Gasteiger partial charge on any atom is -0.455 e. The minimum atomic E-state index is -2.25. The molecular formula is C89H75N8O4+3. The Kier molecular flexibility index (Phi) is 14.3. The minimum absolute atomic E-state index is 0.275. The summed E-state index contributed by atoms with van der Waals surface area (Å²) in [6, 6.07) is 73.1. The topological polar surface area (TPSA) is 101 Å². The second-order valence-corrected chi connectivity index (χ2v) is 26.8. The van der Waals surface area contributed by atoms with Crippen LogP contribution in [0.2, 0.25) is 0 Å². The maximum atomic E-state index is 8.12. The molecule has 0 saturated carbocycles. The lowest BCUT2D eigenvalue weighted by Gasteiger charge is -2.28. The first-order valence-corrected chi connectivity index (χ1v) is 34.1. The summed E-state index contributed by atoms with van der Waals surface area (Å²) in [6.45, 7) is 10.5. The van der Waals surface area contributed by atoms with Crippen molar-refractivity contribution in [3.8, 4) is 28.2 Å². The SMILES string of the molecule is Cc1cc2c(oc3cc4ccccc4cc32)c(-c2cccn[n+]2C)c1C.Cc1ccc2c(oc3cc4ccccc4cc32)c1-n1ccc[n+]1C.Cc1ccc2c(oc3cc4ccccc4cc32)c1N1C=CN(C)[C@@H]1C.[2H]C([2H])([2H])c1cc(C)c(-c2cccn[n+]2C)c2oc3cc4ccccc4cc3c12. The maximum Gasteiger partial charge on any atom is 0.242 e. The summed E-state index contributed by atoms with van der Waals surface area (Å²) in [4.78, 5) is 4.50. The van der Waals surface area contributed by atoms with Crippen LogP contribution in [0.1, 0.15) is 44.4 Å². The molecule has 12 heteroatoms. The largest absolute Gasteiger partial charge is 0.455 e. The predicted molar refractivity (Wildman–Crippen MR) is 411 cm³/mol. The van der Waals surface area contributed by atoms with Gasteiger partial charge < -0.3 is 27.5 Å². The second-order valence-electron chi connectivity index (χ2n) is 26.8. The first-order valence-electron chi connectivity index (χ1n) is 35.6. The Morgan fingerprint density at radius 1 is 0.396 bits per heavy atom. The predicted octanol–water partition coefficient (Wildman–Crippen LogP) is 20.8. The Balaban J connectivity index is 0.000000103. The molecule has 12 nitrogen and oxygen atoms in total. The van der Waals surface area contributed by atoms with Gasteiger partial charge in [-0.25, -0.2) is 0 Å². The van der Waals surface area contributed by atoms with E-state index in [0.29, 0.717) is 22.1 Å². The number of aromatic nitrogens is 6. The van der Waals surface area contributed by atoms with Crippen molar-refractivity contribution in [3.63, 3.8) is 0 Å². The number of fused-ring (bicyclic) bond motifs is 16. The van der Waals surface area contributed by atoms with Crippen molar-refractivity contribution in [1.29, 1.82) is 0 Å². The summed E-state index contributed by atoms with van der Waals surface area (Å²) >= 11 is 0. The van der Waals surface area contributed by atoms with Gasteiger partial charge in [-0.05, 0) is 202 Å². The molecule has 0 spiro atoms. The lowest BCUT2D eigenvalue weighted by molar-refractivity contribution is -0.744. The van der Waals surface area contributed by atoms with Gasteiger partial charge in [0, 0.05) is 84.8 Å². The molecule has 20 rings (SSSR count). The fourth-order valence-corrected chi connectivity index (χ4v) is 15.0. The molecule has 1 aliphatic rings. The van der Waals surface area contributed by atoms with Crippen LogP contribution in [0.3, 0.4) is 0 Å². The van der Waals surface area contributed by atoms with E-state index in [0.717, 1.165) is 105 Å². The summed E-state index contributed by atoms with van der Waals surface area (Å²) < 4.78 is 57.6. The lowest BCUT2D eigenvalue weighted by Crippen LogP contribution is -2.37. The van der Waals surface area contributed by atoms with Gasteiger partial charge in [-0.3, -0.25) is 0 Å². The fourth-order valence-electron chi connectivity index (χ4n) is 15.0. The molecule has 0 saturated heterocycles. The molecule has 0 unspecified atom stereocenters. The van der Waals surface area contributed by atoms with E-state index >= 15 is 0 Å². The third kappa shape index (κ3) is 10.6. The standard InChI is InChI=1S/2C23H19N2O.C22H20N2O.C21H17N2O/c1-14-11-19-18-12-16-7-4-5-8-17(16)13-21(18)26-23(19)22(15(14)2)20-9-6-10-24-25(20)3;1-14-11-15(2)22(19-9-6-10-24-25(19)3)23-21(14)18-12-16-7-4-5-8-17(16)13-20(18)26-23;1-14-8-9-18-19-12-16-6-4-5-7-17(16)13-20(19)25-22(18)21(14)24-11-10-23(3)15(24)2;1-14-8-9-17-18-12-15-6-3-4-7-16(15)13-19(18)24-21(17)20(14)23-11-5-10-22(23)2/h2*4-13H,1-3H3;4-13,15H,1-3H3;3-13H,1-2H3/q2*+1;;+1/t;;15-;/m..0./s1/i;1D3;;. The van der Waals surface area contributed by atoms with Gasteiger partial charge in [-0.15, -0.1) is 9.36 Å². The van der Waals surface area contributed by atoms with Gasteiger partial charge in [-0.1, -0.05) is 137 Å². The van der Waals surface area contributed by atoms with Crippen LogP contribution in [0.25, 0.3) is 159 Å². The van der Waals surface area contributed by atoms with Gasteiger partial charge >= 0.3 is 0 Å². The van der Waals surface area contributed by atoms with E-state index in [9.17, 15) is 0 Å². The molecule has 0 bridgehead atoms. The van der Waals surface area contributed by atoms with E-state index in [-0.39, 0.29) is 6.17 Å². The van der Waals surface area contributed by atoms with Crippen LogP contribution in [0.15, 0.2) is 267 Å². The average Bonchev–Trinajstić information content (AvgIpc) is 1.55. The van der Waals surface area contributed by atoms with Crippen LogP contribution in [0, 0.1) is 41.5 Å². The Morgan fingerprint density at radius 2 is 0.842 bits per heavy atom. The molecule has 1 aliphatic heterocycles. The van der Waals surface area contributed by atoms with E-state index in [2.05, 4.69) is 235 Å². The molecule has 0 radical (unpaired) electrons. The van der Waals surface area contributed by atoms with Crippen molar-refractivity contribution >= 4 is 137 Å². The number of nitrogens with zero attached hydrogens (tertiary/aromatic N) is 8. The van der Waals surface area contributed by atoms with Gasteiger partial charge in [-0.2, -0.15) is 0 Å². The quantitative estimate of drug-likeness (QED) is 0.161. The number of hydrogen-bond donors (Lipinski definition) is 0. The van der Waals surface area contributed by atoms with Crippen molar-refractivity contribution in [1.82, 2.24) is 19.8 Å². The summed E-state index contributed by atoms with van der Waals surface area (Å²) in [5.74, 6) is 0. The van der Waals surface area contributed by atoms with Gasteiger partial charge in [0.15, 0.2) is 44.2 Å². The zero-order chi connectivity index (χ0) is 71.6. The first kappa shape index (κ1) is 58.7. The summed E-state index contributed by atoms with van der Waals surface area (Å²) in [5.41, 5.74) is 19.2. The lowest BCUT2D eigenvalue weighted by atomic mass is 9.96. The molecule has 19 aromatic rings. The zero-order valence-electron chi connectivity index (χ0n) is 61.0. The summed E-state index contributed by atoms with van der Waals surface area (Å²) in [7, 11) is 7.98. The van der Waals surface area contributed by atoms with Crippen molar-refractivity contribution in [2.45, 2.75) is 54.6 Å². The molecule has 0 aliphatic carbocycles. The maximum absolute atomic E-state index is 8.12. The van der Waals surface area contributed by atoms with E-state index < -0.39 is 6.85 Å². The fraction of sp³-hybridized carbons (Fsp3) is 0.135. The van der Waals surface area contributed by atoms with Crippen LogP contribution < -0.4 is 18.9 Å². The Bertz CT molecular complexity index is 6730. The Hall–Kier alpha value is -12.4. The molecule has 101 heavy (non-hydrogen) atoms. The van der Waals surface area contributed by atoms with E-state index in [1.165, 1.54) is 70.7 Å². The summed E-state index contributed by atoms with van der Waals surface area (Å²) in [6.07, 6.45) is 12.1. The van der Waals surface area contributed by atoms with Crippen LogP contribution in [0.4, 0.5) is 5.69 Å². The molecule has 492 valence electrons. The van der Waals surface area contributed by atoms with E-state index in [4.69, 9.17) is 21.8 Å².